The van der Waals surface area contributed by atoms with Crippen LogP contribution in [0.4, 0.5) is 28.9 Å². The second-order valence-electron chi connectivity index (χ2n) is 5.85. The van der Waals surface area contributed by atoms with Gasteiger partial charge in [-0.05, 0) is 42.2 Å². The van der Waals surface area contributed by atoms with Crippen molar-refractivity contribution in [3.8, 4) is 0 Å². The number of carboxylic acid groups (broad SMARTS) is 1. The molecule has 0 bridgehead atoms. The molecule has 2 N–H and O–H groups in total. The number of alkyl halides is 3. The molecular formula is C19H19F4NO2. The van der Waals surface area contributed by atoms with Crippen molar-refractivity contribution in [2.45, 2.75) is 39.3 Å². The monoisotopic (exact) mass is 369 g/mol. The van der Waals surface area contributed by atoms with Gasteiger partial charge in [-0.2, -0.15) is 13.2 Å². The first-order valence-electron chi connectivity index (χ1n) is 8.16. The van der Waals surface area contributed by atoms with Gasteiger partial charge in [-0.15, -0.1) is 0 Å². The molecule has 7 heteroatoms. The molecule has 0 spiro atoms. The van der Waals surface area contributed by atoms with Crippen molar-refractivity contribution in [1.82, 2.24) is 0 Å². The number of aliphatic carboxylic acids is 1. The van der Waals surface area contributed by atoms with Crippen molar-refractivity contribution < 1.29 is 27.5 Å². The van der Waals surface area contributed by atoms with Crippen LogP contribution in [0.3, 0.4) is 0 Å². The van der Waals surface area contributed by atoms with Crippen LogP contribution in [0, 0.1) is 5.82 Å². The van der Waals surface area contributed by atoms with Gasteiger partial charge in [0.1, 0.15) is 5.82 Å². The highest BCUT2D eigenvalue weighted by Crippen LogP contribution is 2.36. The Balaban J connectivity index is 2.48. The third kappa shape index (κ3) is 4.33. The molecule has 0 unspecified atom stereocenters. The first kappa shape index (κ1) is 19.8. The Kier molecular flexibility index (Phi) is 5.90. The van der Waals surface area contributed by atoms with Crippen LogP contribution < -0.4 is 5.32 Å². The summed E-state index contributed by atoms with van der Waals surface area (Å²) in [7, 11) is 0. The number of anilines is 2. The predicted molar refractivity (Wildman–Crippen MR) is 91.2 cm³/mol. The highest BCUT2D eigenvalue weighted by atomic mass is 19.4. The van der Waals surface area contributed by atoms with E-state index in [2.05, 4.69) is 5.32 Å². The third-order valence-corrected chi connectivity index (χ3v) is 4.09. The maximum absolute atomic E-state index is 14.3. The topological polar surface area (TPSA) is 49.3 Å². The molecule has 0 amide bonds. The van der Waals surface area contributed by atoms with Gasteiger partial charge < -0.3 is 10.4 Å². The molecule has 0 saturated carbocycles. The summed E-state index contributed by atoms with van der Waals surface area (Å²) in [6.07, 6.45) is -4.26. The molecule has 0 fully saturated rings. The number of aryl methyl sites for hydroxylation is 1. The fourth-order valence-electron chi connectivity index (χ4n) is 2.75. The average Bonchev–Trinajstić information content (AvgIpc) is 2.55. The summed E-state index contributed by atoms with van der Waals surface area (Å²) in [5.74, 6) is -2.34. The summed E-state index contributed by atoms with van der Waals surface area (Å²) in [5.41, 5.74) is 0.625. The minimum Gasteiger partial charge on any atom is -0.481 e. The van der Waals surface area contributed by atoms with Gasteiger partial charge in [0.15, 0.2) is 0 Å². The van der Waals surface area contributed by atoms with E-state index < -0.39 is 23.5 Å². The van der Waals surface area contributed by atoms with Gasteiger partial charge in [-0.3, -0.25) is 4.79 Å². The van der Waals surface area contributed by atoms with E-state index in [1.807, 2.05) is 6.92 Å². The summed E-state index contributed by atoms with van der Waals surface area (Å²) in [4.78, 5) is 11.1. The van der Waals surface area contributed by atoms with Crippen LogP contribution in [0.1, 0.15) is 36.1 Å². The van der Waals surface area contributed by atoms with E-state index in [-0.39, 0.29) is 24.1 Å². The predicted octanol–water partition coefficient (Wildman–Crippen LogP) is 5.34. The lowest BCUT2D eigenvalue weighted by Gasteiger charge is -2.18. The molecule has 2 rings (SSSR count). The van der Waals surface area contributed by atoms with E-state index in [1.54, 1.807) is 25.1 Å². The van der Waals surface area contributed by atoms with E-state index >= 15 is 0 Å². The fraction of sp³-hybridized carbons (Fsp3) is 0.316. The van der Waals surface area contributed by atoms with Crippen LogP contribution in [0.2, 0.25) is 0 Å². The quantitative estimate of drug-likeness (QED) is 0.676. The maximum Gasteiger partial charge on any atom is 0.419 e. The Morgan fingerprint density at radius 1 is 1.08 bits per heavy atom. The second kappa shape index (κ2) is 7.76. The van der Waals surface area contributed by atoms with Crippen LogP contribution in [0.15, 0.2) is 30.3 Å². The number of carboxylic acids is 1. The molecule has 0 saturated heterocycles. The molecule has 2 aromatic carbocycles. The van der Waals surface area contributed by atoms with Crippen LogP contribution in [0.5, 0.6) is 0 Å². The summed E-state index contributed by atoms with van der Waals surface area (Å²) in [5, 5.41) is 12.0. The van der Waals surface area contributed by atoms with Crippen LogP contribution >= 0.6 is 0 Å². The first-order chi connectivity index (χ1) is 12.2. The first-order valence-corrected chi connectivity index (χ1v) is 8.16. The zero-order chi connectivity index (χ0) is 19.5. The zero-order valence-corrected chi connectivity index (χ0v) is 14.4. The molecule has 0 heterocycles. The Labute approximate surface area is 148 Å². The van der Waals surface area contributed by atoms with Gasteiger partial charge in [0.25, 0.3) is 0 Å². The fourth-order valence-corrected chi connectivity index (χ4v) is 2.75. The smallest absolute Gasteiger partial charge is 0.419 e. The standard InChI is InChI=1S/C19H19F4NO2/c1-3-11-5-7-15(12(9-11)10-17(25)26)24-16-8-6-14(19(21,22)23)18(20)13(16)4-2/h5-9,24H,3-4,10H2,1-2H3,(H,25,26). The van der Waals surface area contributed by atoms with E-state index in [0.29, 0.717) is 23.7 Å². The largest absolute Gasteiger partial charge is 0.481 e. The highest BCUT2D eigenvalue weighted by Gasteiger charge is 2.35. The van der Waals surface area contributed by atoms with E-state index in [0.717, 1.165) is 5.56 Å². The van der Waals surface area contributed by atoms with Crippen LogP contribution in [-0.4, -0.2) is 11.1 Å². The molecule has 0 aliphatic rings. The van der Waals surface area contributed by atoms with Crippen molar-refractivity contribution in [2.24, 2.45) is 0 Å². The van der Waals surface area contributed by atoms with E-state index in [1.165, 1.54) is 6.07 Å². The molecule has 0 radical (unpaired) electrons. The Bertz CT molecular complexity index is 816. The number of rotatable bonds is 6. The summed E-state index contributed by atoms with van der Waals surface area (Å²) >= 11 is 0. The van der Waals surface area contributed by atoms with E-state index in [4.69, 9.17) is 5.11 Å². The number of benzene rings is 2. The number of hydrogen-bond acceptors (Lipinski definition) is 2. The molecule has 3 nitrogen and oxygen atoms in total. The van der Waals surface area contributed by atoms with Gasteiger partial charge in [0.05, 0.1) is 12.0 Å². The summed E-state index contributed by atoms with van der Waals surface area (Å²) in [6, 6.07) is 7.03. The number of hydrogen-bond donors (Lipinski definition) is 2. The average molecular weight is 369 g/mol. The van der Waals surface area contributed by atoms with Gasteiger partial charge in [0.2, 0.25) is 0 Å². The van der Waals surface area contributed by atoms with Crippen molar-refractivity contribution in [3.63, 3.8) is 0 Å². The van der Waals surface area contributed by atoms with Crippen LogP contribution in [0.25, 0.3) is 0 Å². The molecule has 0 aliphatic carbocycles. The van der Waals surface area contributed by atoms with Crippen molar-refractivity contribution in [3.05, 3.63) is 58.4 Å². The molecule has 2 aromatic rings. The van der Waals surface area contributed by atoms with Crippen molar-refractivity contribution in [1.29, 1.82) is 0 Å². The van der Waals surface area contributed by atoms with Gasteiger partial charge in [-0.25, -0.2) is 4.39 Å². The number of halogens is 4. The van der Waals surface area contributed by atoms with Crippen LogP contribution in [-0.2, 0) is 30.2 Å². The minimum atomic E-state index is -4.77. The van der Waals surface area contributed by atoms with Gasteiger partial charge in [0, 0.05) is 16.9 Å². The summed E-state index contributed by atoms with van der Waals surface area (Å²) < 4.78 is 53.0. The molecule has 0 atom stereocenters. The Morgan fingerprint density at radius 3 is 2.27 bits per heavy atom. The molecule has 0 aliphatic heterocycles. The van der Waals surface area contributed by atoms with Crippen molar-refractivity contribution >= 4 is 17.3 Å². The number of nitrogens with one attached hydrogen (secondary N) is 1. The zero-order valence-electron chi connectivity index (χ0n) is 14.4. The lowest BCUT2D eigenvalue weighted by molar-refractivity contribution is -0.140. The Morgan fingerprint density at radius 2 is 1.73 bits per heavy atom. The normalized spacial score (nSPS) is 11.5. The van der Waals surface area contributed by atoms with Crippen molar-refractivity contribution in [2.75, 3.05) is 5.32 Å². The molecule has 26 heavy (non-hydrogen) atoms. The lowest BCUT2D eigenvalue weighted by Crippen LogP contribution is -2.12. The number of carbonyl (C=O) groups is 1. The van der Waals surface area contributed by atoms with Gasteiger partial charge >= 0.3 is 12.1 Å². The second-order valence-corrected chi connectivity index (χ2v) is 5.85. The summed E-state index contributed by atoms with van der Waals surface area (Å²) in [6.45, 7) is 3.48. The SMILES string of the molecule is CCc1ccc(Nc2ccc(C(F)(F)F)c(F)c2CC)c(CC(=O)O)c1. The van der Waals surface area contributed by atoms with E-state index in [9.17, 15) is 22.4 Å². The van der Waals surface area contributed by atoms with Gasteiger partial charge in [-0.1, -0.05) is 26.0 Å². The Hall–Kier alpha value is -2.57. The molecule has 0 aromatic heterocycles. The minimum absolute atomic E-state index is 0.0550. The molecular weight excluding hydrogens is 350 g/mol. The molecule has 140 valence electrons. The lowest BCUT2D eigenvalue weighted by atomic mass is 10.0. The maximum atomic E-state index is 14.3. The third-order valence-electron chi connectivity index (χ3n) is 4.09. The highest BCUT2D eigenvalue weighted by molar-refractivity contribution is 5.76.